The lowest BCUT2D eigenvalue weighted by Crippen LogP contribution is -2.45. The molecule has 2 nitrogen and oxygen atoms in total. The second kappa shape index (κ2) is 3.25. The van der Waals surface area contributed by atoms with E-state index in [0.717, 1.165) is 5.92 Å². The Balaban J connectivity index is 1.91. The minimum atomic E-state index is 0.261. The number of aliphatic hydroxyl groups excluding tert-OH is 1. The van der Waals surface area contributed by atoms with Gasteiger partial charge in [0.2, 0.25) is 0 Å². The first-order chi connectivity index (χ1) is 6.16. The van der Waals surface area contributed by atoms with Gasteiger partial charge in [-0.3, -0.25) is 0 Å². The minimum Gasteiger partial charge on any atom is -0.395 e. The van der Waals surface area contributed by atoms with Crippen LogP contribution in [0.15, 0.2) is 0 Å². The smallest absolute Gasteiger partial charge is 0.0582 e. The fourth-order valence-corrected chi connectivity index (χ4v) is 2.90. The molecule has 0 spiro atoms. The molecule has 2 aliphatic rings. The molecule has 4 atom stereocenters. The summed E-state index contributed by atoms with van der Waals surface area (Å²) in [5.41, 5.74) is 0.571. The SMILES string of the molecule is C[C@@H](CO)NC1CCCC2CC21C. The molecular weight excluding hydrogens is 162 g/mol. The first kappa shape index (κ1) is 9.47. The summed E-state index contributed by atoms with van der Waals surface area (Å²) in [4.78, 5) is 0. The number of fused-ring (bicyclic) bond motifs is 1. The van der Waals surface area contributed by atoms with Gasteiger partial charge < -0.3 is 10.4 Å². The van der Waals surface area contributed by atoms with Crippen LogP contribution in [0.25, 0.3) is 0 Å². The van der Waals surface area contributed by atoms with Gasteiger partial charge in [-0.05, 0) is 37.5 Å². The van der Waals surface area contributed by atoms with Crippen LogP contribution in [0, 0.1) is 11.3 Å². The van der Waals surface area contributed by atoms with E-state index in [1.807, 2.05) is 0 Å². The second-order valence-corrected chi connectivity index (χ2v) is 5.14. The highest BCUT2D eigenvalue weighted by molar-refractivity contribution is 5.09. The van der Waals surface area contributed by atoms with Crippen LogP contribution >= 0.6 is 0 Å². The van der Waals surface area contributed by atoms with Crippen LogP contribution in [0.3, 0.4) is 0 Å². The summed E-state index contributed by atoms with van der Waals surface area (Å²) in [5.74, 6) is 0.977. The normalized spacial score (nSPS) is 45.5. The number of hydrogen-bond acceptors (Lipinski definition) is 2. The van der Waals surface area contributed by atoms with Gasteiger partial charge in [0.25, 0.3) is 0 Å². The average Bonchev–Trinajstić information content (AvgIpc) is 2.78. The van der Waals surface area contributed by atoms with Crippen molar-refractivity contribution in [2.75, 3.05) is 6.61 Å². The minimum absolute atomic E-state index is 0.261. The molecule has 0 heterocycles. The van der Waals surface area contributed by atoms with Crippen LogP contribution in [-0.4, -0.2) is 23.8 Å². The first-order valence-corrected chi connectivity index (χ1v) is 5.53. The van der Waals surface area contributed by atoms with Gasteiger partial charge in [0.1, 0.15) is 0 Å². The van der Waals surface area contributed by atoms with Crippen LogP contribution in [0.5, 0.6) is 0 Å². The zero-order valence-corrected chi connectivity index (χ0v) is 8.71. The number of rotatable bonds is 3. The Morgan fingerprint density at radius 1 is 1.54 bits per heavy atom. The molecule has 0 saturated heterocycles. The topological polar surface area (TPSA) is 32.3 Å². The zero-order chi connectivity index (χ0) is 9.47. The van der Waals surface area contributed by atoms with Crippen molar-refractivity contribution in [3.63, 3.8) is 0 Å². The number of aliphatic hydroxyl groups is 1. The summed E-state index contributed by atoms with van der Waals surface area (Å²) in [6.07, 6.45) is 5.51. The van der Waals surface area contributed by atoms with E-state index in [1.54, 1.807) is 0 Å². The van der Waals surface area contributed by atoms with Crippen LogP contribution in [-0.2, 0) is 0 Å². The van der Waals surface area contributed by atoms with Gasteiger partial charge in [-0.2, -0.15) is 0 Å². The average molecular weight is 183 g/mol. The quantitative estimate of drug-likeness (QED) is 0.695. The van der Waals surface area contributed by atoms with Crippen molar-refractivity contribution in [3.8, 4) is 0 Å². The van der Waals surface area contributed by atoms with E-state index in [-0.39, 0.29) is 12.6 Å². The molecule has 3 unspecified atom stereocenters. The highest BCUT2D eigenvalue weighted by Gasteiger charge is 2.56. The fourth-order valence-electron chi connectivity index (χ4n) is 2.90. The molecule has 13 heavy (non-hydrogen) atoms. The van der Waals surface area contributed by atoms with Gasteiger partial charge in [0, 0.05) is 12.1 Å². The maximum absolute atomic E-state index is 8.99. The zero-order valence-electron chi connectivity index (χ0n) is 8.71. The second-order valence-electron chi connectivity index (χ2n) is 5.14. The Morgan fingerprint density at radius 2 is 2.31 bits per heavy atom. The molecule has 2 heteroatoms. The summed E-state index contributed by atoms with van der Waals surface area (Å²) < 4.78 is 0. The van der Waals surface area contributed by atoms with E-state index >= 15 is 0 Å². The van der Waals surface area contributed by atoms with Crippen molar-refractivity contribution in [3.05, 3.63) is 0 Å². The van der Waals surface area contributed by atoms with Crippen molar-refractivity contribution < 1.29 is 5.11 Å². The largest absolute Gasteiger partial charge is 0.395 e. The van der Waals surface area contributed by atoms with Gasteiger partial charge in [0.05, 0.1) is 6.61 Å². The summed E-state index contributed by atoms with van der Waals surface area (Å²) >= 11 is 0. The fraction of sp³-hybridized carbons (Fsp3) is 1.00. The van der Waals surface area contributed by atoms with E-state index in [0.29, 0.717) is 11.5 Å². The Morgan fingerprint density at radius 3 is 3.00 bits per heavy atom. The summed E-state index contributed by atoms with van der Waals surface area (Å²) in [6.45, 7) is 4.73. The van der Waals surface area contributed by atoms with Gasteiger partial charge >= 0.3 is 0 Å². The Labute approximate surface area is 80.7 Å². The number of nitrogens with one attached hydrogen (secondary N) is 1. The predicted octanol–water partition coefficient (Wildman–Crippen LogP) is 1.54. The predicted molar refractivity (Wildman–Crippen MR) is 53.5 cm³/mol. The molecule has 0 amide bonds. The Bertz CT molecular complexity index is 195. The lowest BCUT2D eigenvalue weighted by atomic mass is 9.84. The van der Waals surface area contributed by atoms with Crippen molar-refractivity contribution in [2.45, 2.75) is 51.6 Å². The maximum Gasteiger partial charge on any atom is 0.0582 e. The molecule has 2 fully saturated rings. The van der Waals surface area contributed by atoms with E-state index in [4.69, 9.17) is 5.11 Å². The standard InChI is InChI=1S/C11H21NO/c1-8(7-13)12-10-5-3-4-9-6-11(9,10)2/h8-10,12-13H,3-7H2,1-2H3/t8-,9?,10?,11?/m0/s1. The molecule has 0 radical (unpaired) electrons. The van der Waals surface area contributed by atoms with Gasteiger partial charge in [0.15, 0.2) is 0 Å². The summed E-state index contributed by atoms with van der Waals surface area (Å²) in [5, 5.41) is 12.5. The third-order valence-corrected chi connectivity index (χ3v) is 4.06. The first-order valence-electron chi connectivity index (χ1n) is 5.53. The Hall–Kier alpha value is -0.0800. The lowest BCUT2D eigenvalue weighted by Gasteiger charge is -2.32. The lowest BCUT2D eigenvalue weighted by molar-refractivity contribution is 0.195. The van der Waals surface area contributed by atoms with Crippen LogP contribution in [0.2, 0.25) is 0 Å². The Kier molecular flexibility index (Phi) is 2.37. The molecule has 0 aliphatic heterocycles. The summed E-state index contributed by atoms with van der Waals surface area (Å²) in [7, 11) is 0. The third kappa shape index (κ3) is 1.62. The van der Waals surface area contributed by atoms with E-state index in [1.165, 1.54) is 25.7 Å². The molecule has 76 valence electrons. The molecule has 2 N–H and O–H groups in total. The van der Waals surface area contributed by atoms with Crippen molar-refractivity contribution >= 4 is 0 Å². The summed E-state index contributed by atoms with van der Waals surface area (Å²) in [6, 6.07) is 0.926. The number of hydrogen-bond donors (Lipinski definition) is 2. The molecule has 0 aromatic carbocycles. The third-order valence-electron chi connectivity index (χ3n) is 4.06. The highest BCUT2D eigenvalue weighted by Crippen LogP contribution is 2.60. The maximum atomic E-state index is 8.99. The van der Waals surface area contributed by atoms with E-state index in [9.17, 15) is 0 Å². The van der Waals surface area contributed by atoms with Crippen LogP contribution < -0.4 is 5.32 Å². The molecule has 0 aromatic rings. The molecule has 2 saturated carbocycles. The van der Waals surface area contributed by atoms with Gasteiger partial charge in [-0.25, -0.2) is 0 Å². The van der Waals surface area contributed by atoms with Gasteiger partial charge in [-0.15, -0.1) is 0 Å². The van der Waals surface area contributed by atoms with Crippen molar-refractivity contribution in [2.24, 2.45) is 11.3 Å². The highest BCUT2D eigenvalue weighted by atomic mass is 16.3. The van der Waals surface area contributed by atoms with Crippen LogP contribution in [0.1, 0.15) is 39.5 Å². The monoisotopic (exact) mass is 183 g/mol. The van der Waals surface area contributed by atoms with E-state index < -0.39 is 0 Å². The van der Waals surface area contributed by atoms with E-state index in [2.05, 4.69) is 19.2 Å². The molecule has 0 aromatic heterocycles. The molecule has 2 rings (SSSR count). The van der Waals surface area contributed by atoms with Crippen molar-refractivity contribution in [1.29, 1.82) is 0 Å². The van der Waals surface area contributed by atoms with Crippen molar-refractivity contribution in [1.82, 2.24) is 5.32 Å². The molecule has 0 bridgehead atoms. The molecule has 2 aliphatic carbocycles. The van der Waals surface area contributed by atoms with Crippen LogP contribution in [0.4, 0.5) is 0 Å². The molecular formula is C11H21NO. The van der Waals surface area contributed by atoms with Gasteiger partial charge in [-0.1, -0.05) is 13.3 Å².